The minimum atomic E-state index is -1.08. The average Bonchev–Trinajstić information content (AvgIpc) is 2.46. The molecule has 1 aliphatic rings. The molecule has 1 atom stereocenters. The molecule has 0 spiro atoms. The number of amides is 4. The molecule has 6 nitrogen and oxygen atoms in total. The van der Waals surface area contributed by atoms with Crippen molar-refractivity contribution in [2.75, 3.05) is 0 Å². The highest BCUT2D eigenvalue weighted by Gasteiger charge is 2.41. The van der Waals surface area contributed by atoms with Gasteiger partial charge in [-0.15, -0.1) is 0 Å². The first-order chi connectivity index (χ1) is 10.0. The number of hydrogen-bond acceptors (Lipinski definition) is 4. The van der Waals surface area contributed by atoms with E-state index >= 15 is 0 Å². The van der Waals surface area contributed by atoms with E-state index in [1.165, 1.54) is 0 Å². The largest absolute Gasteiger partial charge is 0.328 e. The number of ketones is 1. The summed E-state index contributed by atoms with van der Waals surface area (Å²) in [5.74, 6) is -3.03. The van der Waals surface area contributed by atoms with E-state index in [1.54, 1.807) is 31.2 Å². The molecule has 1 saturated heterocycles. The molecule has 4 amide bonds. The first kappa shape index (κ1) is 14.9. The number of carbonyl (C=O) groups is 4. The van der Waals surface area contributed by atoms with Crippen molar-refractivity contribution >= 4 is 23.6 Å². The lowest BCUT2D eigenvalue weighted by atomic mass is 9.80. The van der Waals surface area contributed by atoms with E-state index in [0.717, 1.165) is 5.56 Å². The number of urea groups is 1. The third-order valence-corrected chi connectivity index (χ3v) is 3.51. The highest BCUT2D eigenvalue weighted by Crippen LogP contribution is 2.30. The summed E-state index contributed by atoms with van der Waals surface area (Å²) in [6.45, 7) is 1.73. The van der Waals surface area contributed by atoms with E-state index in [1.807, 2.05) is 6.07 Å². The molecule has 1 fully saturated rings. The van der Waals surface area contributed by atoms with E-state index in [-0.39, 0.29) is 12.2 Å². The maximum Gasteiger partial charge on any atom is 0.328 e. The molecule has 0 bridgehead atoms. The molecule has 0 aliphatic carbocycles. The van der Waals surface area contributed by atoms with E-state index < -0.39 is 29.7 Å². The third kappa shape index (κ3) is 3.34. The molecule has 110 valence electrons. The van der Waals surface area contributed by atoms with Crippen LogP contribution in [0.1, 0.15) is 31.2 Å². The molecule has 6 heteroatoms. The fraction of sp³-hybridized carbons (Fsp3) is 0.333. The van der Waals surface area contributed by atoms with Crippen LogP contribution in [0, 0.1) is 5.92 Å². The lowest BCUT2D eigenvalue weighted by Crippen LogP contribution is -2.57. The van der Waals surface area contributed by atoms with Crippen molar-refractivity contribution in [3.63, 3.8) is 0 Å². The summed E-state index contributed by atoms with van der Waals surface area (Å²) >= 11 is 0. The summed E-state index contributed by atoms with van der Waals surface area (Å²) in [5, 5.41) is 4.16. The zero-order valence-electron chi connectivity index (χ0n) is 11.6. The molecule has 1 aliphatic heterocycles. The van der Waals surface area contributed by atoms with Gasteiger partial charge in [0.1, 0.15) is 11.7 Å². The van der Waals surface area contributed by atoms with Crippen molar-refractivity contribution in [1.29, 1.82) is 0 Å². The van der Waals surface area contributed by atoms with Gasteiger partial charge < -0.3 is 0 Å². The summed E-state index contributed by atoms with van der Waals surface area (Å²) in [6, 6.07) is 8.09. The molecule has 21 heavy (non-hydrogen) atoms. The van der Waals surface area contributed by atoms with Gasteiger partial charge >= 0.3 is 6.03 Å². The zero-order chi connectivity index (χ0) is 15.4. The number of rotatable bonds is 5. The van der Waals surface area contributed by atoms with Crippen molar-refractivity contribution in [3.8, 4) is 0 Å². The Morgan fingerprint density at radius 2 is 1.67 bits per heavy atom. The SMILES string of the molecule is CCC(=O)CC(c1ccccc1)C1C(=O)NC(=O)NC1=O. The first-order valence-corrected chi connectivity index (χ1v) is 6.75. The van der Waals surface area contributed by atoms with E-state index in [0.29, 0.717) is 6.42 Å². The number of benzene rings is 1. The maximum atomic E-state index is 12.0. The summed E-state index contributed by atoms with van der Waals surface area (Å²) in [5.41, 5.74) is 0.726. The average molecular weight is 288 g/mol. The Labute approximate surface area is 121 Å². The molecule has 1 unspecified atom stereocenters. The Kier molecular flexibility index (Phi) is 4.47. The van der Waals surface area contributed by atoms with E-state index in [4.69, 9.17) is 0 Å². The quantitative estimate of drug-likeness (QED) is 0.794. The van der Waals surface area contributed by atoms with E-state index in [9.17, 15) is 19.2 Å². The van der Waals surface area contributed by atoms with Gasteiger partial charge in [0, 0.05) is 18.8 Å². The molecule has 1 aromatic rings. The minimum absolute atomic E-state index is 0.0404. The molecule has 2 N–H and O–H groups in total. The van der Waals surface area contributed by atoms with Crippen molar-refractivity contribution < 1.29 is 19.2 Å². The normalized spacial score (nSPS) is 17.1. The number of imide groups is 2. The van der Waals surface area contributed by atoms with Gasteiger partial charge in [-0.1, -0.05) is 37.3 Å². The highest BCUT2D eigenvalue weighted by molar-refractivity contribution is 6.16. The Hall–Kier alpha value is -2.50. The number of barbiturate groups is 1. The van der Waals surface area contributed by atoms with E-state index in [2.05, 4.69) is 10.6 Å². The standard InChI is InChI=1S/C15H16N2O4/c1-2-10(18)8-11(9-6-4-3-5-7-9)12-13(19)16-15(21)17-14(12)20/h3-7,11-12H,2,8H2,1H3,(H2,16,17,19,20,21). The summed E-state index contributed by atoms with van der Waals surface area (Å²) in [7, 11) is 0. The Morgan fingerprint density at radius 3 is 2.19 bits per heavy atom. The Morgan fingerprint density at radius 1 is 1.10 bits per heavy atom. The molecule has 0 radical (unpaired) electrons. The maximum absolute atomic E-state index is 12.0. The fourth-order valence-corrected chi connectivity index (χ4v) is 2.41. The van der Waals surface area contributed by atoms with Crippen molar-refractivity contribution in [1.82, 2.24) is 10.6 Å². The van der Waals surface area contributed by atoms with Crippen LogP contribution in [0.3, 0.4) is 0 Å². The third-order valence-electron chi connectivity index (χ3n) is 3.51. The predicted molar refractivity (Wildman–Crippen MR) is 74.3 cm³/mol. The van der Waals surface area contributed by atoms with Crippen LogP contribution in [0.2, 0.25) is 0 Å². The number of hydrogen-bond donors (Lipinski definition) is 2. The summed E-state index contributed by atoms with van der Waals surface area (Å²) < 4.78 is 0. The molecule has 1 heterocycles. The van der Waals surface area contributed by atoms with Crippen LogP contribution < -0.4 is 10.6 Å². The van der Waals surface area contributed by atoms with Gasteiger partial charge in [0.15, 0.2) is 0 Å². The number of carbonyl (C=O) groups excluding carboxylic acids is 4. The number of Topliss-reactive ketones (excluding diaryl/α,β-unsaturated/α-hetero) is 1. The lowest BCUT2D eigenvalue weighted by Gasteiger charge is -2.28. The van der Waals surface area contributed by atoms with Gasteiger partial charge in [-0.25, -0.2) is 4.79 Å². The van der Waals surface area contributed by atoms with Gasteiger partial charge in [-0.2, -0.15) is 0 Å². The molecular weight excluding hydrogens is 272 g/mol. The van der Waals surface area contributed by atoms with Crippen molar-refractivity contribution in [2.45, 2.75) is 25.7 Å². The Balaban J connectivity index is 2.35. The smallest absolute Gasteiger partial charge is 0.300 e. The van der Waals surface area contributed by atoms with Gasteiger partial charge in [0.05, 0.1) is 0 Å². The minimum Gasteiger partial charge on any atom is -0.300 e. The summed E-state index contributed by atoms with van der Waals surface area (Å²) in [6.07, 6.45) is 0.415. The predicted octanol–water partition coefficient (Wildman–Crippen LogP) is 1.12. The van der Waals surface area contributed by atoms with Crippen LogP contribution >= 0.6 is 0 Å². The molecular formula is C15H16N2O4. The number of nitrogens with one attached hydrogen (secondary N) is 2. The van der Waals surface area contributed by atoms with Gasteiger partial charge in [-0.05, 0) is 5.56 Å². The van der Waals surface area contributed by atoms with Crippen LogP contribution in [0.25, 0.3) is 0 Å². The molecule has 1 aromatic carbocycles. The van der Waals surface area contributed by atoms with Crippen LogP contribution in [0.4, 0.5) is 4.79 Å². The summed E-state index contributed by atoms with van der Waals surface area (Å²) in [4.78, 5) is 46.9. The lowest BCUT2D eigenvalue weighted by molar-refractivity contribution is -0.137. The second-order valence-corrected chi connectivity index (χ2v) is 4.90. The molecule has 0 saturated carbocycles. The second-order valence-electron chi connectivity index (χ2n) is 4.90. The topological polar surface area (TPSA) is 92.3 Å². The monoisotopic (exact) mass is 288 g/mol. The van der Waals surface area contributed by atoms with Crippen LogP contribution in [0.15, 0.2) is 30.3 Å². The van der Waals surface area contributed by atoms with Crippen molar-refractivity contribution in [2.24, 2.45) is 5.92 Å². The van der Waals surface area contributed by atoms with Crippen LogP contribution in [-0.2, 0) is 14.4 Å². The zero-order valence-corrected chi connectivity index (χ0v) is 11.6. The highest BCUT2D eigenvalue weighted by atomic mass is 16.2. The molecule has 0 aromatic heterocycles. The van der Waals surface area contributed by atoms with Gasteiger partial charge in [0.25, 0.3) is 0 Å². The van der Waals surface area contributed by atoms with Crippen LogP contribution in [-0.4, -0.2) is 23.6 Å². The van der Waals surface area contributed by atoms with Crippen molar-refractivity contribution in [3.05, 3.63) is 35.9 Å². The van der Waals surface area contributed by atoms with Gasteiger partial charge in [0.2, 0.25) is 11.8 Å². The second kappa shape index (κ2) is 6.30. The molecule has 2 rings (SSSR count). The first-order valence-electron chi connectivity index (χ1n) is 6.75. The Bertz CT molecular complexity index is 563. The fourth-order valence-electron chi connectivity index (χ4n) is 2.41. The van der Waals surface area contributed by atoms with Gasteiger partial charge in [-0.3, -0.25) is 25.0 Å². The van der Waals surface area contributed by atoms with Crippen LogP contribution in [0.5, 0.6) is 0 Å².